The molecule has 22 heavy (non-hydrogen) atoms. The molecule has 7 heteroatoms. The molecule has 1 aliphatic rings. The lowest BCUT2D eigenvalue weighted by Gasteiger charge is -2.27. The van der Waals surface area contributed by atoms with E-state index in [-0.39, 0.29) is 29.2 Å². The van der Waals surface area contributed by atoms with Gasteiger partial charge in [0.15, 0.2) is 15.6 Å². The van der Waals surface area contributed by atoms with Gasteiger partial charge >= 0.3 is 0 Å². The average Bonchev–Trinajstić information content (AvgIpc) is 3.17. The highest BCUT2D eigenvalue weighted by molar-refractivity contribution is 7.91. The Labute approximate surface area is 133 Å². The Bertz CT molecular complexity index is 761. The van der Waals surface area contributed by atoms with Gasteiger partial charge in [-0.15, -0.1) is 11.3 Å². The van der Waals surface area contributed by atoms with Crippen LogP contribution >= 0.6 is 11.3 Å². The molecule has 0 bridgehead atoms. The quantitative estimate of drug-likeness (QED) is 0.858. The highest BCUT2D eigenvalue weighted by Gasteiger charge is 2.36. The Morgan fingerprint density at radius 2 is 2.27 bits per heavy atom. The second-order valence-corrected chi connectivity index (χ2v) is 8.72. The third-order valence-corrected chi connectivity index (χ3v) is 6.68. The number of rotatable bonds is 4. The molecule has 2 aromatic rings. The maximum absolute atomic E-state index is 12.7. The fourth-order valence-electron chi connectivity index (χ4n) is 2.65. The average molecular weight is 339 g/mol. The summed E-state index contributed by atoms with van der Waals surface area (Å²) >= 11 is 1.58. The summed E-state index contributed by atoms with van der Waals surface area (Å²) in [6.45, 7) is 2.41. The van der Waals surface area contributed by atoms with Gasteiger partial charge in [-0.3, -0.25) is 4.79 Å². The van der Waals surface area contributed by atoms with E-state index in [2.05, 4.69) is 0 Å². The first-order valence-electron chi connectivity index (χ1n) is 7.04. The SMILES string of the molecule is Cc1ccsc1CN(C(=O)c1ccco1)[C@H]1CCS(=O)(=O)C1. The molecular weight excluding hydrogens is 322 g/mol. The van der Waals surface area contributed by atoms with Gasteiger partial charge < -0.3 is 9.32 Å². The highest BCUT2D eigenvalue weighted by atomic mass is 32.2. The van der Waals surface area contributed by atoms with E-state index < -0.39 is 9.84 Å². The molecule has 0 saturated carbocycles. The van der Waals surface area contributed by atoms with Crippen LogP contribution < -0.4 is 0 Å². The van der Waals surface area contributed by atoms with Crippen LogP contribution in [0.4, 0.5) is 0 Å². The van der Waals surface area contributed by atoms with E-state index >= 15 is 0 Å². The number of sulfone groups is 1. The Balaban J connectivity index is 1.88. The summed E-state index contributed by atoms with van der Waals surface area (Å²) in [5, 5.41) is 1.98. The zero-order valence-corrected chi connectivity index (χ0v) is 13.8. The zero-order valence-electron chi connectivity index (χ0n) is 12.2. The van der Waals surface area contributed by atoms with E-state index in [0.29, 0.717) is 13.0 Å². The van der Waals surface area contributed by atoms with Crippen LogP contribution in [0.2, 0.25) is 0 Å². The van der Waals surface area contributed by atoms with Gasteiger partial charge in [-0.25, -0.2) is 8.42 Å². The maximum Gasteiger partial charge on any atom is 0.290 e. The second-order valence-electron chi connectivity index (χ2n) is 5.49. The lowest BCUT2D eigenvalue weighted by molar-refractivity contribution is 0.0650. The van der Waals surface area contributed by atoms with Gasteiger partial charge in [-0.05, 0) is 42.5 Å². The van der Waals surface area contributed by atoms with Crippen LogP contribution in [0.1, 0.15) is 27.4 Å². The van der Waals surface area contributed by atoms with Gasteiger partial charge in [0, 0.05) is 10.9 Å². The van der Waals surface area contributed by atoms with Crippen LogP contribution in [0.5, 0.6) is 0 Å². The van der Waals surface area contributed by atoms with Crippen molar-refractivity contribution in [2.75, 3.05) is 11.5 Å². The standard InChI is InChI=1S/C15H17NO4S2/c1-11-4-7-21-14(11)9-16(12-5-8-22(18,19)10-12)15(17)13-3-2-6-20-13/h2-4,6-7,12H,5,8-10H2,1H3/t12-/m0/s1. The van der Waals surface area contributed by atoms with Crippen molar-refractivity contribution >= 4 is 27.1 Å². The molecule has 1 amide bonds. The number of thiophene rings is 1. The van der Waals surface area contributed by atoms with Crippen LogP contribution in [0.3, 0.4) is 0 Å². The molecule has 1 fully saturated rings. The van der Waals surface area contributed by atoms with E-state index in [0.717, 1.165) is 10.4 Å². The molecule has 0 spiro atoms. The molecule has 3 rings (SSSR count). The highest BCUT2D eigenvalue weighted by Crippen LogP contribution is 2.25. The number of amides is 1. The predicted molar refractivity (Wildman–Crippen MR) is 84.7 cm³/mol. The maximum atomic E-state index is 12.7. The molecule has 0 unspecified atom stereocenters. The van der Waals surface area contributed by atoms with Crippen LogP contribution in [0, 0.1) is 6.92 Å². The van der Waals surface area contributed by atoms with Crippen molar-refractivity contribution in [1.29, 1.82) is 0 Å². The van der Waals surface area contributed by atoms with Gasteiger partial charge in [-0.2, -0.15) is 0 Å². The van der Waals surface area contributed by atoms with Gasteiger partial charge in [0.25, 0.3) is 5.91 Å². The second kappa shape index (κ2) is 5.89. The monoisotopic (exact) mass is 339 g/mol. The number of aryl methyl sites for hydroxylation is 1. The third-order valence-electron chi connectivity index (χ3n) is 3.92. The normalized spacial score (nSPS) is 20.1. The molecule has 0 aromatic carbocycles. The first-order valence-corrected chi connectivity index (χ1v) is 9.74. The van der Waals surface area contributed by atoms with E-state index in [4.69, 9.17) is 4.42 Å². The molecule has 2 aromatic heterocycles. The number of carbonyl (C=O) groups excluding carboxylic acids is 1. The molecule has 0 N–H and O–H groups in total. The topological polar surface area (TPSA) is 67.6 Å². The van der Waals surface area contributed by atoms with Crippen LogP contribution in [-0.2, 0) is 16.4 Å². The molecule has 3 heterocycles. The van der Waals surface area contributed by atoms with Crippen molar-refractivity contribution in [2.24, 2.45) is 0 Å². The summed E-state index contributed by atoms with van der Waals surface area (Å²) in [5.74, 6) is 0.172. The lowest BCUT2D eigenvalue weighted by atomic mass is 10.2. The van der Waals surface area contributed by atoms with E-state index in [1.165, 1.54) is 6.26 Å². The van der Waals surface area contributed by atoms with Gasteiger partial charge in [0.05, 0.1) is 24.3 Å². The van der Waals surface area contributed by atoms with Gasteiger partial charge in [0.1, 0.15) is 0 Å². The molecule has 0 radical (unpaired) electrons. The van der Waals surface area contributed by atoms with Crippen LogP contribution in [0.15, 0.2) is 34.3 Å². The first kappa shape index (κ1) is 15.3. The minimum absolute atomic E-state index is 0.0316. The Kier molecular flexibility index (Phi) is 4.10. The fourth-order valence-corrected chi connectivity index (χ4v) is 5.29. The Hall–Kier alpha value is -1.60. The minimum Gasteiger partial charge on any atom is -0.459 e. The summed E-state index contributed by atoms with van der Waals surface area (Å²) in [6, 6.07) is 4.98. The van der Waals surface area contributed by atoms with Crippen molar-refractivity contribution in [3.05, 3.63) is 46.0 Å². The van der Waals surface area contributed by atoms with Gasteiger partial charge in [0.2, 0.25) is 0 Å². The summed E-state index contributed by atoms with van der Waals surface area (Å²) < 4.78 is 28.7. The van der Waals surface area contributed by atoms with Gasteiger partial charge in [-0.1, -0.05) is 0 Å². The van der Waals surface area contributed by atoms with Crippen molar-refractivity contribution in [3.63, 3.8) is 0 Å². The number of hydrogen-bond donors (Lipinski definition) is 0. The van der Waals surface area contributed by atoms with Crippen LogP contribution in [0.25, 0.3) is 0 Å². The number of nitrogens with zero attached hydrogens (tertiary/aromatic N) is 1. The zero-order chi connectivity index (χ0) is 15.7. The summed E-state index contributed by atoms with van der Waals surface area (Å²) in [6.07, 6.45) is 1.94. The van der Waals surface area contributed by atoms with Crippen molar-refractivity contribution in [2.45, 2.75) is 25.9 Å². The number of carbonyl (C=O) groups is 1. The molecule has 118 valence electrons. The summed E-state index contributed by atoms with van der Waals surface area (Å²) in [7, 11) is -3.05. The smallest absolute Gasteiger partial charge is 0.290 e. The van der Waals surface area contributed by atoms with Crippen molar-refractivity contribution in [1.82, 2.24) is 4.90 Å². The first-order chi connectivity index (χ1) is 10.5. The predicted octanol–water partition coefficient (Wildman–Crippen LogP) is 2.48. The molecular formula is C15H17NO4S2. The summed E-state index contributed by atoms with van der Waals surface area (Å²) in [5.41, 5.74) is 1.11. The van der Waals surface area contributed by atoms with Crippen molar-refractivity contribution < 1.29 is 17.6 Å². The summed E-state index contributed by atoms with van der Waals surface area (Å²) in [4.78, 5) is 15.4. The van der Waals surface area contributed by atoms with E-state index in [1.54, 1.807) is 28.4 Å². The van der Waals surface area contributed by atoms with E-state index in [9.17, 15) is 13.2 Å². The lowest BCUT2D eigenvalue weighted by Crippen LogP contribution is -2.40. The fraction of sp³-hybridized carbons (Fsp3) is 0.400. The minimum atomic E-state index is -3.05. The molecule has 5 nitrogen and oxygen atoms in total. The molecule has 1 aliphatic heterocycles. The Morgan fingerprint density at radius 1 is 1.45 bits per heavy atom. The molecule has 0 aliphatic carbocycles. The molecule has 1 atom stereocenters. The molecule has 1 saturated heterocycles. The van der Waals surface area contributed by atoms with Crippen molar-refractivity contribution in [3.8, 4) is 0 Å². The van der Waals surface area contributed by atoms with Crippen LogP contribution in [-0.4, -0.2) is 36.8 Å². The Morgan fingerprint density at radius 3 is 2.82 bits per heavy atom. The number of hydrogen-bond acceptors (Lipinski definition) is 5. The number of furan rings is 1. The third kappa shape index (κ3) is 3.10. The largest absolute Gasteiger partial charge is 0.459 e. The van der Waals surface area contributed by atoms with E-state index in [1.807, 2.05) is 18.4 Å².